The molecule has 0 radical (unpaired) electrons. The van der Waals surface area contributed by atoms with E-state index in [2.05, 4.69) is 15.9 Å². The normalized spacial score (nSPS) is 10.3. The highest BCUT2D eigenvalue weighted by atomic mass is 79.9. The van der Waals surface area contributed by atoms with Crippen LogP contribution in [0.4, 0.5) is 0 Å². The second kappa shape index (κ2) is 5.86. The van der Waals surface area contributed by atoms with Gasteiger partial charge in [0, 0.05) is 12.1 Å². The van der Waals surface area contributed by atoms with E-state index in [0.29, 0.717) is 23.2 Å². The van der Waals surface area contributed by atoms with E-state index in [1.54, 1.807) is 13.0 Å². The van der Waals surface area contributed by atoms with Crippen molar-refractivity contribution in [2.45, 2.75) is 20.3 Å². The topological polar surface area (TPSA) is 70.8 Å². The molecule has 1 N–H and O–H groups in total. The number of hydrogen-bond donors (Lipinski definition) is 1. The van der Waals surface area contributed by atoms with Crippen LogP contribution in [0.3, 0.4) is 0 Å². The molecule has 1 rings (SSSR count). The Morgan fingerprint density at radius 2 is 2.18 bits per heavy atom. The fourth-order valence-corrected chi connectivity index (χ4v) is 1.99. The third kappa shape index (κ3) is 3.59. The van der Waals surface area contributed by atoms with Crippen molar-refractivity contribution < 1.29 is 19.1 Å². The van der Waals surface area contributed by atoms with E-state index in [0.717, 1.165) is 0 Å². The van der Waals surface area contributed by atoms with Gasteiger partial charge in [-0.05, 0) is 35.3 Å². The maximum Gasteiger partial charge on any atom is 0.323 e. The van der Waals surface area contributed by atoms with Crippen LogP contribution in [0.2, 0.25) is 0 Å². The van der Waals surface area contributed by atoms with Gasteiger partial charge in [0.05, 0.1) is 0 Å². The van der Waals surface area contributed by atoms with Crippen molar-refractivity contribution in [2.75, 3.05) is 13.1 Å². The number of furan rings is 1. The Morgan fingerprint density at radius 1 is 1.53 bits per heavy atom. The number of hydrogen-bond acceptors (Lipinski definition) is 3. The largest absolute Gasteiger partial charge is 0.480 e. The zero-order chi connectivity index (χ0) is 13.0. The third-order valence-electron chi connectivity index (χ3n) is 2.19. The standard InChI is InChI=1S/C11H14BrNO4/c1-3-4-13(6-9(14)15)11(16)10-7(2)5-8(12)17-10/h5H,3-4,6H2,1-2H3,(H,14,15). The van der Waals surface area contributed by atoms with Crippen molar-refractivity contribution in [3.8, 4) is 0 Å². The number of halogens is 1. The predicted molar refractivity (Wildman–Crippen MR) is 65.0 cm³/mol. The highest BCUT2D eigenvalue weighted by molar-refractivity contribution is 9.10. The highest BCUT2D eigenvalue weighted by Crippen LogP contribution is 2.21. The van der Waals surface area contributed by atoms with Gasteiger partial charge in [-0.2, -0.15) is 0 Å². The average Bonchev–Trinajstić information content (AvgIpc) is 2.55. The summed E-state index contributed by atoms with van der Waals surface area (Å²) in [6.07, 6.45) is 0.694. The summed E-state index contributed by atoms with van der Waals surface area (Å²) < 4.78 is 5.68. The summed E-state index contributed by atoms with van der Waals surface area (Å²) in [5, 5.41) is 8.75. The van der Waals surface area contributed by atoms with E-state index in [9.17, 15) is 9.59 Å². The molecular weight excluding hydrogens is 290 g/mol. The average molecular weight is 304 g/mol. The lowest BCUT2D eigenvalue weighted by molar-refractivity contribution is -0.137. The maximum atomic E-state index is 12.1. The number of aliphatic carboxylic acids is 1. The number of rotatable bonds is 5. The van der Waals surface area contributed by atoms with Gasteiger partial charge in [-0.1, -0.05) is 6.92 Å². The first-order valence-corrected chi connectivity index (χ1v) is 6.02. The Labute approximate surface area is 108 Å². The van der Waals surface area contributed by atoms with Crippen LogP contribution in [0.5, 0.6) is 0 Å². The molecule has 0 atom stereocenters. The molecule has 6 heteroatoms. The molecule has 0 aromatic carbocycles. The summed E-state index contributed by atoms with van der Waals surface area (Å²) >= 11 is 3.14. The number of carboxylic acid groups (broad SMARTS) is 1. The molecule has 0 aliphatic heterocycles. The fourth-order valence-electron chi connectivity index (χ4n) is 1.48. The SMILES string of the molecule is CCCN(CC(=O)O)C(=O)c1oc(Br)cc1C. The van der Waals surface area contributed by atoms with Gasteiger partial charge in [0.1, 0.15) is 6.54 Å². The summed E-state index contributed by atoms with van der Waals surface area (Å²) in [6, 6.07) is 1.68. The molecule has 1 heterocycles. The van der Waals surface area contributed by atoms with Crippen molar-refractivity contribution in [1.29, 1.82) is 0 Å². The molecule has 1 aromatic heterocycles. The molecule has 0 saturated carbocycles. The summed E-state index contributed by atoms with van der Waals surface area (Å²) in [4.78, 5) is 24.0. The number of amides is 1. The molecule has 94 valence electrons. The highest BCUT2D eigenvalue weighted by Gasteiger charge is 2.22. The van der Waals surface area contributed by atoms with Gasteiger partial charge in [-0.15, -0.1) is 0 Å². The fraction of sp³-hybridized carbons (Fsp3) is 0.455. The quantitative estimate of drug-likeness (QED) is 0.906. The first-order chi connectivity index (χ1) is 7.95. The van der Waals surface area contributed by atoms with Gasteiger partial charge < -0.3 is 14.4 Å². The molecule has 0 spiro atoms. The predicted octanol–water partition coefficient (Wildman–Crippen LogP) is 2.29. The van der Waals surface area contributed by atoms with Crippen LogP contribution in [-0.4, -0.2) is 35.0 Å². The lowest BCUT2D eigenvalue weighted by Crippen LogP contribution is -2.36. The van der Waals surface area contributed by atoms with Gasteiger partial charge >= 0.3 is 5.97 Å². The third-order valence-corrected chi connectivity index (χ3v) is 2.58. The van der Waals surface area contributed by atoms with Crippen molar-refractivity contribution in [3.05, 3.63) is 22.1 Å². The molecule has 1 aromatic rings. The summed E-state index contributed by atoms with van der Waals surface area (Å²) in [7, 11) is 0. The van der Waals surface area contributed by atoms with Crippen LogP contribution in [0, 0.1) is 6.92 Å². The molecule has 17 heavy (non-hydrogen) atoms. The Hall–Kier alpha value is -1.30. The zero-order valence-electron chi connectivity index (χ0n) is 9.70. The van der Waals surface area contributed by atoms with Gasteiger partial charge in [0.15, 0.2) is 10.4 Å². The Bertz CT molecular complexity index is 427. The molecule has 0 fully saturated rings. The van der Waals surface area contributed by atoms with Crippen LogP contribution < -0.4 is 0 Å². The van der Waals surface area contributed by atoms with Gasteiger partial charge in [0.25, 0.3) is 5.91 Å². The van der Waals surface area contributed by atoms with Gasteiger partial charge in [-0.25, -0.2) is 0 Å². The molecule has 0 unspecified atom stereocenters. The van der Waals surface area contributed by atoms with E-state index in [1.807, 2.05) is 6.92 Å². The van der Waals surface area contributed by atoms with E-state index >= 15 is 0 Å². The number of carboxylic acids is 1. The van der Waals surface area contributed by atoms with E-state index in [4.69, 9.17) is 9.52 Å². The van der Waals surface area contributed by atoms with Crippen LogP contribution in [0.25, 0.3) is 0 Å². The molecule has 0 aliphatic rings. The van der Waals surface area contributed by atoms with E-state index < -0.39 is 11.9 Å². The molecule has 0 saturated heterocycles. The summed E-state index contributed by atoms with van der Waals surface area (Å²) in [5.74, 6) is -1.24. The second-order valence-electron chi connectivity index (χ2n) is 3.68. The number of carbonyl (C=O) groups excluding carboxylic acids is 1. The molecule has 5 nitrogen and oxygen atoms in total. The monoisotopic (exact) mass is 303 g/mol. The summed E-state index contributed by atoms with van der Waals surface area (Å²) in [5.41, 5.74) is 0.688. The Morgan fingerprint density at radius 3 is 2.59 bits per heavy atom. The number of carbonyl (C=O) groups is 2. The lowest BCUT2D eigenvalue weighted by atomic mass is 10.2. The Balaban J connectivity index is 2.91. The number of nitrogens with zero attached hydrogens (tertiary/aromatic N) is 1. The Kier molecular flexibility index (Phi) is 4.74. The number of aryl methyl sites for hydroxylation is 1. The minimum atomic E-state index is -1.03. The van der Waals surface area contributed by atoms with Crippen molar-refractivity contribution >= 4 is 27.8 Å². The molecule has 0 bridgehead atoms. The first-order valence-electron chi connectivity index (χ1n) is 5.22. The smallest absolute Gasteiger partial charge is 0.323 e. The minimum Gasteiger partial charge on any atom is -0.480 e. The van der Waals surface area contributed by atoms with Crippen molar-refractivity contribution in [1.82, 2.24) is 4.90 Å². The van der Waals surface area contributed by atoms with E-state index in [1.165, 1.54) is 4.90 Å². The first kappa shape index (κ1) is 13.8. The van der Waals surface area contributed by atoms with E-state index in [-0.39, 0.29) is 12.3 Å². The maximum absolute atomic E-state index is 12.1. The van der Waals surface area contributed by atoms with Gasteiger partial charge in [0.2, 0.25) is 0 Å². The second-order valence-corrected chi connectivity index (χ2v) is 4.46. The zero-order valence-corrected chi connectivity index (χ0v) is 11.3. The minimum absolute atomic E-state index is 0.187. The lowest BCUT2D eigenvalue weighted by Gasteiger charge is -2.18. The van der Waals surface area contributed by atoms with Crippen LogP contribution >= 0.6 is 15.9 Å². The van der Waals surface area contributed by atoms with Crippen LogP contribution in [0.15, 0.2) is 15.2 Å². The van der Waals surface area contributed by atoms with Crippen LogP contribution in [0.1, 0.15) is 29.5 Å². The van der Waals surface area contributed by atoms with Crippen molar-refractivity contribution in [2.24, 2.45) is 0 Å². The van der Waals surface area contributed by atoms with Crippen LogP contribution in [-0.2, 0) is 4.79 Å². The molecular formula is C11H14BrNO4. The molecule has 0 aliphatic carbocycles. The summed E-state index contributed by atoms with van der Waals surface area (Å²) in [6.45, 7) is 3.70. The van der Waals surface area contributed by atoms with Crippen molar-refractivity contribution in [3.63, 3.8) is 0 Å². The molecule has 1 amide bonds. The van der Waals surface area contributed by atoms with Gasteiger partial charge in [-0.3, -0.25) is 9.59 Å².